The number of piperidine rings is 1. The van der Waals surface area contributed by atoms with E-state index in [1.165, 1.54) is 12.8 Å². The Kier molecular flexibility index (Phi) is 4.21. The predicted octanol–water partition coefficient (Wildman–Crippen LogP) is 2.24. The van der Waals surface area contributed by atoms with E-state index in [0.717, 1.165) is 18.5 Å². The van der Waals surface area contributed by atoms with E-state index in [1.54, 1.807) is 18.0 Å². The highest BCUT2D eigenvalue weighted by Gasteiger charge is 2.37. The number of nitrogens with one attached hydrogen (secondary N) is 1. The van der Waals surface area contributed by atoms with Crippen LogP contribution in [0.25, 0.3) is 5.69 Å². The molecule has 2 bridgehead atoms. The second kappa shape index (κ2) is 6.52. The number of hydrogen-bond acceptors (Lipinski definition) is 4. The van der Waals surface area contributed by atoms with Crippen LogP contribution >= 0.6 is 0 Å². The number of amides is 1. The number of rotatable bonds is 4. The van der Waals surface area contributed by atoms with Crippen LogP contribution < -0.4 is 10.1 Å². The van der Waals surface area contributed by atoms with E-state index >= 15 is 0 Å². The van der Waals surface area contributed by atoms with Gasteiger partial charge in [0, 0.05) is 25.2 Å². The Bertz CT molecular complexity index is 746. The minimum absolute atomic E-state index is 0.0715. The van der Waals surface area contributed by atoms with Gasteiger partial charge in [0.2, 0.25) is 0 Å². The van der Waals surface area contributed by atoms with Crippen LogP contribution in [0.15, 0.2) is 36.5 Å². The molecule has 2 aromatic rings. The average molecular weight is 340 g/mol. The van der Waals surface area contributed by atoms with Crippen molar-refractivity contribution in [3.05, 3.63) is 42.2 Å². The van der Waals surface area contributed by atoms with E-state index in [9.17, 15) is 4.79 Å². The number of fused-ring (bicyclic) bond motifs is 2. The van der Waals surface area contributed by atoms with E-state index < -0.39 is 0 Å². The Morgan fingerprint density at radius 3 is 2.56 bits per heavy atom. The first-order valence-electron chi connectivity index (χ1n) is 8.88. The first kappa shape index (κ1) is 16.1. The minimum atomic E-state index is -0.0715. The van der Waals surface area contributed by atoms with Gasteiger partial charge in [0.1, 0.15) is 0 Å². The van der Waals surface area contributed by atoms with Crippen molar-refractivity contribution in [2.24, 2.45) is 0 Å². The number of nitrogens with zero attached hydrogens (tertiary/aromatic N) is 3. The minimum Gasteiger partial charge on any atom is -0.493 e. The molecule has 0 saturated carbocycles. The van der Waals surface area contributed by atoms with Crippen molar-refractivity contribution in [1.29, 1.82) is 0 Å². The standard InChI is InChI=1S/C19H24N4O2/c1-22(16-10-13-8-9-14(11-16)20-13)19(24)18-17(25-2)12-23(21-18)15-6-4-3-5-7-15/h3-7,12-14,16,20H,8-11H2,1-2H3. The molecule has 2 fully saturated rings. The molecule has 4 rings (SSSR count). The lowest BCUT2D eigenvalue weighted by Gasteiger charge is -2.35. The first-order valence-corrected chi connectivity index (χ1v) is 8.88. The fourth-order valence-corrected chi connectivity index (χ4v) is 4.04. The molecule has 2 aliphatic heterocycles. The SMILES string of the molecule is COc1cn(-c2ccccc2)nc1C(=O)N(C)C1CC2CCC(C1)N2. The van der Waals surface area contributed by atoms with Gasteiger partial charge in [0.15, 0.2) is 11.4 Å². The third kappa shape index (κ3) is 3.02. The normalized spacial score (nSPS) is 25.0. The van der Waals surface area contributed by atoms with Crippen LogP contribution in [0.4, 0.5) is 0 Å². The van der Waals surface area contributed by atoms with Crippen molar-refractivity contribution in [2.75, 3.05) is 14.2 Å². The number of aromatic nitrogens is 2. The zero-order chi connectivity index (χ0) is 17.4. The molecule has 2 saturated heterocycles. The summed E-state index contributed by atoms with van der Waals surface area (Å²) in [6.07, 6.45) is 6.23. The van der Waals surface area contributed by atoms with Gasteiger partial charge >= 0.3 is 0 Å². The van der Waals surface area contributed by atoms with Crippen molar-refractivity contribution in [2.45, 2.75) is 43.8 Å². The molecule has 2 aliphatic rings. The molecule has 1 aromatic carbocycles. The molecular formula is C19H24N4O2. The topological polar surface area (TPSA) is 59.4 Å². The predicted molar refractivity (Wildman–Crippen MR) is 95.2 cm³/mol. The van der Waals surface area contributed by atoms with E-state index in [0.29, 0.717) is 23.5 Å². The van der Waals surface area contributed by atoms with Gasteiger partial charge in [-0.3, -0.25) is 4.79 Å². The lowest BCUT2D eigenvalue weighted by Crippen LogP contribution is -2.48. The quantitative estimate of drug-likeness (QED) is 0.927. The molecule has 25 heavy (non-hydrogen) atoms. The molecule has 1 aromatic heterocycles. The van der Waals surface area contributed by atoms with Gasteiger partial charge in [-0.15, -0.1) is 0 Å². The van der Waals surface area contributed by atoms with Crippen LogP contribution in [0, 0.1) is 0 Å². The number of benzene rings is 1. The van der Waals surface area contributed by atoms with Crippen molar-refractivity contribution in [3.63, 3.8) is 0 Å². The summed E-state index contributed by atoms with van der Waals surface area (Å²) in [6.45, 7) is 0. The second-order valence-electron chi connectivity index (χ2n) is 7.01. The molecule has 1 N–H and O–H groups in total. The molecule has 132 valence electrons. The first-order chi connectivity index (χ1) is 12.2. The molecule has 1 amide bonds. The van der Waals surface area contributed by atoms with Crippen LogP contribution in [0.1, 0.15) is 36.2 Å². The Morgan fingerprint density at radius 2 is 1.92 bits per heavy atom. The summed E-state index contributed by atoms with van der Waals surface area (Å²) >= 11 is 0. The van der Waals surface area contributed by atoms with Gasteiger partial charge in [-0.25, -0.2) is 4.68 Å². The van der Waals surface area contributed by atoms with E-state index in [2.05, 4.69) is 10.4 Å². The lowest BCUT2D eigenvalue weighted by atomic mass is 9.98. The van der Waals surface area contributed by atoms with Crippen molar-refractivity contribution < 1.29 is 9.53 Å². The van der Waals surface area contributed by atoms with Crippen LogP contribution in [0.3, 0.4) is 0 Å². The van der Waals surface area contributed by atoms with Gasteiger partial charge in [-0.2, -0.15) is 5.10 Å². The van der Waals surface area contributed by atoms with Crippen LogP contribution in [-0.4, -0.2) is 52.9 Å². The molecule has 6 nitrogen and oxygen atoms in total. The summed E-state index contributed by atoms with van der Waals surface area (Å²) in [7, 11) is 3.46. The van der Waals surface area contributed by atoms with Crippen molar-refractivity contribution in [1.82, 2.24) is 20.0 Å². The zero-order valence-corrected chi connectivity index (χ0v) is 14.7. The van der Waals surface area contributed by atoms with Gasteiger partial charge in [-0.1, -0.05) is 18.2 Å². The van der Waals surface area contributed by atoms with Gasteiger partial charge in [-0.05, 0) is 37.8 Å². The van der Waals surface area contributed by atoms with E-state index in [4.69, 9.17) is 4.74 Å². The van der Waals surface area contributed by atoms with Crippen LogP contribution in [0.5, 0.6) is 5.75 Å². The number of hydrogen-bond donors (Lipinski definition) is 1. The summed E-state index contributed by atoms with van der Waals surface area (Å²) in [5, 5.41) is 8.13. The van der Waals surface area contributed by atoms with Crippen LogP contribution in [-0.2, 0) is 0 Å². The summed E-state index contributed by atoms with van der Waals surface area (Å²) < 4.78 is 7.12. The zero-order valence-electron chi connectivity index (χ0n) is 14.7. The summed E-state index contributed by atoms with van der Waals surface area (Å²) in [5.41, 5.74) is 1.28. The highest BCUT2D eigenvalue weighted by atomic mass is 16.5. The highest BCUT2D eigenvalue weighted by molar-refractivity contribution is 5.95. The Hall–Kier alpha value is -2.34. The second-order valence-corrected chi connectivity index (χ2v) is 7.01. The van der Waals surface area contributed by atoms with Crippen molar-refractivity contribution in [3.8, 4) is 11.4 Å². The van der Waals surface area contributed by atoms with Gasteiger partial charge in [0.05, 0.1) is 19.0 Å². The third-order valence-electron chi connectivity index (χ3n) is 5.44. The van der Waals surface area contributed by atoms with Crippen LogP contribution in [0.2, 0.25) is 0 Å². The number of methoxy groups -OCH3 is 1. The van der Waals surface area contributed by atoms with E-state index in [-0.39, 0.29) is 11.9 Å². The Morgan fingerprint density at radius 1 is 1.24 bits per heavy atom. The Labute approximate surface area is 147 Å². The summed E-state index contributed by atoms with van der Waals surface area (Å²) in [5.74, 6) is 0.440. The molecule has 2 unspecified atom stereocenters. The Balaban J connectivity index is 1.58. The lowest BCUT2D eigenvalue weighted by molar-refractivity contribution is 0.0672. The maximum atomic E-state index is 13.1. The third-order valence-corrected chi connectivity index (χ3v) is 5.44. The number of para-hydroxylation sites is 1. The monoisotopic (exact) mass is 340 g/mol. The molecule has 0 spiro atoms. The average Bonchev–Trinajstić information content (AvgIpc) is 3.24. The maximum absolute atomic E-state index is 13.1. The largest absolute Gasteiger partial charge is 0.493 e. The molecular weight excluding hydrogens is 316 g/mol. The molecule has 2 atom stereocenters. The number of carbonyl (C=O) groups is 1. The fraction of sp³-hybridized carbons (Fsp3) is 0.474. The summed E-state index contributed by atoms with van der Waals surface area (Å²) in [6, 6.07) is 11.1. The van der Waals surface area contributed by atoms with E-state index in [1.807, 2.05) is 42.3 Å². The fourth-order valence-electron chi connectivity index (χ4n) is 4.04. The number of ether oxygens (including phenoxy) is 1. The molecule has 0 aliphatic carbocycles. The number of carbonyl (C=O) groups excluding carboxylic acids is 1. The molecule has 0 radical (unpaired) electrons. The smallest absolute Gasteiger partial charge is 0.278 e. The van der Waals surface area contributed by atoms with Gasteiger partial charge < -0.3 is 15.0 Å². The van der Waals surface area contributed by atoms with Crippen molar-refractivity contribution >= 4 is 5.91 Å². The maximum Gasteiger partial charge on any atom is 0.278 e. The molecule has 3 heterocycles. The molecule has 6 heteroatoms. The van der Waals surface area contributed by atoms with Gasteiger partial charge in [0.25, 0.3) is 5.91 Å². The highest BCUT2D eigenvalue weighted by Crippen LogP contribution is 2.30. The summed E-state index contributed by atoms with van der Waals surface area (Å²) in [4.78, 5) is 14.9.